The standard InChI is InChI=1S/C17H22OS/c18-13-7-6-9-15-8-4-5-10-16(15)14-19-17-11-2-1-3-12-17/h4-5,8,10,17-18H,1-3,7,11-14H2. The van der Waals surface area contributed by atoms with Crippen molar-refractivity contribution >= 4 is 11.8 Å². The summed E-state index contributed by atoms with van der Waals surface area (Å²) < 4.78 is 0. The van der Waals surface area contributed by atoms with Crippen molar-refractivity contribution in [1.29, 1.82) is 0 Å². The van der Waals surface area contributed by atoms with E-state index in [1.54, 1.807) is 0 Å². The summed E-state index contributed by atoms with van der Waals surface area (Å²) in [6.45, 7) is 0.145. The second kappa shape index (κ2) is 8.30. The summed E-state index contributed by atoms with van der Waals surface area (Å²) in [6.07, 6.45) is 7.53. The summed E-state index contributed by atoms with van der Waals surface area (Å²) >= 11 is 2.09. The molecule has 2 heteroatoms. The summed E-state index contributed by atoms with van der Waals surface area (Å²) in [6, 6.07) is 8.39. The van der Waals surface area contributed by atoms with Crippen LogP contribution in [0.2, 0.25) is 0 Å². The van der Waals surface area contributed by atoms with E-state index in [1.165, 1.54) is 37.7 Å². The van der Waals surface area contributed by atoms with Gasteiger partial charge in [-0.15, -0.1) is 0 Å². The van der Waals surface area contributed by atoms with Gasteiger partial charge in [-0.2, -0.15) is 11.8 Å². The minimum absolute atomic E-state index is 0.145. The first-order chi connectivity index (χ1) is 9.40. The van der Waals surface area contributed by atoms with Crippen molar-refractivity contribution in [1.82, 2.24) is 0 Å². The third-order valence-corrected chi connectivity index (χ3v) is 4.92. The van der Waals surface area contributed by atoms with Crippen molar-refractivity contribution in [3.8, 4) is 11.8 Å². The van der Waals surface area contributed by atoms with Crippen LogP contribution in [0.5, 0.6) is 0 Å². The molecule has 0 unspecified atom stereocenters. The third kappa shape index (κ3) is 4.93. The quantitative estimate of drug-likeness (QED) is 0.838. The highest BCUT2D eigenvalue weighted by Crippen LogP contribution is 2.30. The maximum Gasteiger partial charge on any atom is 0.0540 e. The molecule has 0 bridgehead atoms. The molecule has 0 aliphatic heterocycles. The Morgan fingerprint density at radius 1 is 1.16 bits per heavy atom. The molecule has 0 radical (unpaired) electrons. The molecule has 1 nitrogen and oxygen atoms in total. The molecule has 0 heterocycles. The Labute approximate surface area is 120 Å². The molecule has 0 saturated heterocycles. The van der Waals surface area contributed by atoms with Crippen molar-refractivity contribution in [2.75, 3.05) is 6.61 Å². The van der Waals surface area contributed by atoms with E-state index in [2.05, 4.69) is 41.8 Å². The average Bonchev–Trinajstić information content (AvgIpc) is 2.48. The van der Waals surface area contributed by atoms with E-state index in [0.717, 1.165) is 16.6 Å². The first-order valence-corrected chi connectivity index (χ1v) is 8.24. The van der Waals surface area contributed by atoms with Gasteiger partial charge in [0.1, 0.15) is 0 Å². The number of aliphatic hydroxyl groups excluding tert-OH is 1. The van der Waals surface area contributed by atoms with Gasteiger partial charge in [-0.05, 0) is 24.5 Å². The molecule has 1 aromatic rings. The van der Waals surface area contributed by atoms with Gasteiger partial charge in [-0.25, -0.2) is 0 Å². The fourth-order valence-corrected chi connectivity index (χ4v) is 3.75. The van der Waals surface area contributed by atoms with Crippen LogP contribution in [-0.4, -0.2) is 17.0 Å². The van der Waals surface area contributed by atoms with E-state index in [0.29, 0.717) is 6.42 Å². The van der Waals surface area contributed by atoms with E-state index < -0.39 is 0 Å². The Balaban J connectivity index is 1.93. The van der Waals surface area contributed by atoms with Crippen molar-refractivity contribution < 1.29 is 5.11 Å². The molecule has 1 aliphatic rings. The van der Waals surface area contributed by atoms with Crippen LogP contribution in [0, 0.1) is 11.8 Å². The minimum atomic E-state index is 0.145. The molecular formula is C17H22OS. The molecule has 19 heavy (non-hydrogen) atoms. The molecular weight excluding hydrogens is 252 g/mol. The number of hydrogen-bond donors (Lipinski definition) is 1. The van der Waals surface area contributed by atoms with Gasteiger partial charge in [0.2, 0.25) is 0 Å². The molecule has 0 amide bonds. The van der Waals surface area contributed by atoms with Gasteiger partial charge in [0.25, 0.3) is 0 Å². The highest BCUT2D eigenvalue weighted by Gasteiger charge is 2.14. The van der Waals surface area contributed by atoms with Crippen LogP contribution >= 0.6 is 11.8 Å². The molecule has 2 rings (SSSR count). The summed E-state index contributed by atoms with van der Waals surface area (Å²) in [5.74, 6) is 7.26. The smallest absolute Gasteiger partial charge is 0.0540 e. The predicted molar refractivity (Wildman–Crippen MR) is 83.2 cm³/mol. The number of thioether (sulfide) groups is 1. The summed E-state index contributed by atoms with van der Waals surface area (Å²) in [5.41, 5.74) is 2.46. The lowest BCUT2D eigenvalue weighted by Gasteiger charge is -2.21. The van der Waals surface area contributed by atoms with Crippen molar-refractivity contribution in [2.45, 2.75) is 49.5 Å². The van der Waals surface area contributed by atoms with Crippen LogP contribution in [0.25, 0.3) is 0 Å². The van der Waals surface area contributed by atoms with E-state index in [4.69, 9.17) is 5.11 Å². The number of benzene rings is 1. The van der Waals surface area contributed by atoms with E-state index in [-0.39, 0.29) is 6.61 Å². The Morgan fingerprint density at radius 3 is 2.74 bits per heavy atom. The van der Waals surface area contributed by atoms with Gasteiger partial charge in [0.15, 0.2) is 0 Å². The van der Waals surface area contributed by atoms with Crippen LogP contribution in [0.1, 0.15) is 49.7 Å². The molecule has 1 aromatic carbocycles. The number of hydrogen-bond acceptors (Lipinski definition) is 2. The predicted octanol–water partition coefficient (Wildman–Crippen LogP) is 3.99. The highest BCUT2D eigenvalue weighted by molar-refractivity contribution is 7.99. The second-order valence-corrected chi connectivity index (χ2v) is 6.29. The van der Waals surface area contributed by atoms with Crippen LogP contribution in [0.15, 0.2) is 24.3 Å². The van der Waals surface area contributed by atoms with Crippen LogP contribution in [0.3, 0.4) is 0 Å². The molecule has 1 aliphatic carbocycles. The molecule has 1 N–H and O–H groups in total. The zero-order valence-electron chi connectivity index (χ0n) is 11.4. The normalized spacial score (nSPS) is 15.8. The van der Waals surface area contributed by atoms with Crippen LogP contribution < -0.4 is 0 Å². The van der Waals surface area contributed by atoms with Crippen LogP contribution in [0.4, 0.5) is 0 Å². The van der Waals surface area contributed by atoms with Gasteiger partial charge in [0.05, 0.1) is 6.61 Å². The minimum Gasteiger partial charge on any atom is -0.395 e. The molecule has 0 spiro atoms. The Kier molecular flexibility index (Phi) is 6.33. The Hall–Kier alpha value is -0.910. The molecule has 1 saturated carbocycles. The Morgan fingerprint density at radius 2 is 1.95 bits per heavy atom. The van der Waals surface area contributed by atoms with Gasteiger partial charge in [-0.3, -0.25) is 0 Å². The maximum atomic E-state index is 8.78. The second-order valence-electron chi connectivity index (χ2n) is 5.00. The molecule has 0 atom stereocenters. The van der Waals surface area contributed by atoms with Crippen molar-refractivity contribution in [3.63, 3.8) is 0 Å². The van der Waals surface area contributed by atoms with Gasteiger partial charge < -0.3 is 5.11 Å². The van der Waals surface area contributed by atoms with Crippen LogP contribution in [-0.2, 0) is 5.75 Å². The summed E-state index contributed by atoms with van der Waals surface area (Å²) in [5, 5.41) is 9.62. The monoisotopic (exact) mass is 274 g/mol. The van der Waals surface area contributed by atoms with Gasteiger partial charge in [-0.1, -0.05) is 49.3 Å². The van der Waals surface area contributed by atoms with E-state index in [9.17, 15) is 0 Å². The van der Waals surface area contributed by atoms with Gasteiger partial charge >= 0.3 is 0 Å². The maximum absolute atomic E-state index is 8.78. The number of rotatable bonds is 4. The van der Waals surface area contributed by atoms with Crippen molar-refractivity contribution in [3.05, 3.63) is 35.4 Å². The van der Waals surface area contributed by atoms with E-state index in [1.807, 2.05) is 6.07 Å². The largest absolute Gasteiger partial charge is 0.395 e. The Bertz CT molecular complexity index is 438. The third-order valence-electron chi connectivity index (χ3n) is 3.50. The fraction of sp³-hybridized carbons (Fsp3) is 0.529. The topological polar surface area (TPSA) is 20.2 Å². The highest BCUT2D eigenvalue weighted by atomic mass is 32.2. The zero-order valence-corrected chi connectivity index (χ0v) is 12.2. The summed E-state index contributed by atoms with van der Waals surface area (Å²) in [4.78, 5) is 0. The first kappa shape index (κ1) is 14.5. The first-order valence-electron chi connectivity index (χ1n) is 7.19. The van der Waals surface area contributed by atoms with E-state index >= 15 is 0 Å². The SMILES string of the molecule is OCCC#Cc1ccccc1CSC1CCCCC1. The lowest BCUT2D eigenvalue weighted by molar-refractivity contribution is 0.305. The van der Waals surface area contributed by atoms with Gasteiger partial charge in [0, 0.05) is 23.0 Å². The summed E-state index contributed by atoms with van der Waals surface area (Å²) in [7, 11) is 0. The molecule has 102 valence electrons. The lowest BCUT2D eigenvalue weighted by atomic mass is 10.0. The zero-order chi connectivity index (χ0) is 13.3. The number of aliphatic hydroxyl groups is 1. The van der Waals surface area contributed by atoms with Crippen molar-refractivity contribution in [2.24, 2.45) is 0 Å². The lowest BCUT2D eigenvalue weighted by Crippen LogP contribution is -2.08. The fourth-order valence-electron chi connectivity index (χ4n) is 2.42. The molecule has 1 fully saturated rings. The molecule has 0 aromatic heterocycles. The average molecular weight is 274 g/mol.